The number of rotatable bonds is 19. The Labute approximate surface area is 488 Å². The molecule has 5 aromatic rings. The molecule has 4 atom stereocenters. The summed E-state index contributed by atoms with van der Waals surface area (Å²) in [4.78, 5) is 46.0. The summed E-state index contributed by atoms with van der Waals surface area (Å²) in [6.45, 7) is 11.3. The number of nitrogens with zero attached hydrogens (tertiary/aromatic N) is 4. The van der Waals surface area contributed by atoms with Crippen molar-refractivity contribution < 1.29 is 44.4 Å². The second-order valence-corrected chi connectivity index (χ2v) is 28.2. The Morgan fingerprint density at radius 1 is 0.805 bits per heavy atom. The third-order valence-corrected chi connectivity index (χ3v) is 21.1. The number of nitrogens with one attached hydrogen (secondary N) is 3. The van der Waals surface area contributed by atoms with Gasteiger partial charge >= 0.3 is 5.51 Å². The number of anilines is 2. The van der Waals surface area contributed by atoms with Crippen molar-refractivity contribution in [1.29, 1.82) is 0 Å². The Hall–Kier alpha value is -5.74. The number of hydrogen-bond acceptors (Lipinski definition) is 13. The summed E-state index contributed by atoms with van der Waals surface area (Å²) >= 11 is 7.67. The average Bonchev–Trinajstić information content (AvgIpc) is 3.54. The second kappa shape index (κ2) is 24.8. The van der Waals surface area contributed by atoms with Gasteiger partial charge in [0.15, 0.2) is 0 Å². The van der Waals surface area contributed by atoms with E-state index in [1.54, 1.807) is 12.1 Å². The highest BCUT2D eigenvalue weighted by Gasteiger charge is 2.49. The third kappa shape index (κ3) is 14.1. The highest BCUT2D eigenvalue weighted by molar-refractivity contribution is 7.99. The van der Waals surface area contributed by atoms with E-state index in [1.165, 1.54) is 40.6 Å². The maximum absolute atomic E-state index is 14.5. The molecule has 436 valence electrons. The molecule has 2 bridgehead atoms. The van der Waals surface area contributed by atoms with Crippen LogP contribution in [0.25, 0.3) is 5.57 Å². The molecule has 0 spiro atoms. The highest BCUT2D eigenvalue weighted by atomic mass is 35.5. The summed E-state index contributed by atoms with van der Waals surface area (Å²) in [5.74, 6) is -1.58. The molecule has 14 nitrogen and oxygen atoms in total. The molecule has 5 aliphatic rings. The molecule has 10 rings (SSSR count). The van der Waals surface area contributed by atoms with Crippen molar-refractivity contribution in [1.82, 2.24) is 24.7 Å². The number of carbonyl (C=O) groups excluding carboxylic acids is 3. The molecular weight excluding hydrogens is 1130 g/mol. The van der Waals surface area contributed by atoms with Gasteiger partial charge in [-0.2, -0.15) is 13.2 Å². The number of benzene rings is 5. The van der Waals surface area contributed by atoms with E-state index in [1.807, 2.05) is 71.5 Å². The van der Waals surface area contributed by atoms with Crippen molar-refractivity contribution >= 4 is 77.9 Å². The van der Waals surface area contributed by atoms with E-state index in [2.05, 4.69) is 56.2 Å². The lowest BCUT2D eigenvalue weighted by Crippen LogP contribution is -2.53. The zero-order valence-corrected chi connectivity index (χ0v) is 49.2. The van der Waals surface area contributed by atoms with Gasteiger partial charge in [0, 0.05) is 110 Å². The standard InChI is InChI=1S/C61H69ClF3N7O7S3/c1-60(2)28-26-53(42-12-16-46(62)17-13-42)45(35-60)37-69-30-32-71(33-31-69)48-18-14-44(15-19-48)58(74)68-82(78,79)52-22-24-55(56(34-52)81(76,77)61(63,64)65)66-47(40-80-51-6-4-3-5-7-51)27-29-70-38-49-20-21-50(39-70)72(49)36-41-8-10-43(11-9-41)54-23-25-57(73)67-59(54)75/h3-19,22,24,34,47,49-50,54,66H,20-21,23,25-33,35-40H2,1-2H3,(H,68,74)(H,67,73,75)/t47-,49?,50?,54?/m1/s1. The first-order chi connectivity index (χ1) is 39.1. The molecule has 1 aliphatic carbocycles. The van der Waals surface area contributed by atoms with Crippen LogP contribution < -0.4 is 20.3 Å². The number of fused-ring (bicyclic) bond motifs is 2. The number of hydrogen-bond donors (Lipinski definition) is 3. The number of piperazine rings is 2. The molecule has 82 heavy (non-hydrogen) atoms. The van der Waals surface area contributed by atoms with Gasteiger partial charge in [-0.05, 0) is 139 Å². The molecule has 5 aromatic carbocycles. The van der Waals surface area contributed by atoms with Gasteiger partial charge in [0.2, 0.25) is 11.8 Å². The average molecular weight is 1200 g/mol. The summed E-state index contributed by atoms with van der Waals surface area (Å²) in [5, 5.41) is 6.22. The lowest BCUT2D eigenvalue weighted by atomic mass is 9.73. The maximum Gasteiger partial charge on any atom is 0.501 e. The van der Waals surface area contributed by atoms with E-state index in [0.29, 0.717) is 42.6 Å². The summed E-state index contributed by atoms with van der Waals surface area (Å²) < 4.78 is 100.0. The van der Waals surface area contributed by atoms with Crippen LogP contribution in [0.1, 0.15) is 98.2 Å². The lowest BCUT2D eigenvalue weighted by Gasteiger charge is -2.41. The number of imide groups is 1. The van der Waals surface area contributed by atoms with Crippen LogP contribution in [0, 0.1) is 5.41 Å². The van der Waals surface area contributed by atoms with Gasteiger partial charge in [-0.1, -0.05) is 85.6 Å². The highest BCUT2D eigenvalue weighted by Crippen LogP contribution is 2.43. The van der Waals surface area contributed by atoms with Crippen molar-refractivity contribution in [3.05, 3.63) is 154 Å². The van der Waals surface area contributed by atoms with Gasteiger partial charge in [-0.15, -0.1) is 11.8 Å². The number of carbonyl (C=O) groups is 3. The van der Waals surface area contributed by atoms with Crippen LogP contribution in [0.3, 0.4) is 0 Å². The van der Waals surface area contributed by atoms with Crippen LogP contribution in [0.15, 0.2) is 142 Å². The van der Waals surface area contributed by atoms with Gasteiger partial charge in [-0.3, -0.25) is 29.5 Å². The molecule has 4 fully saturated rings. The Balaban J connectivity index is 0.783. The van der Waals surface area contributed by atoms with Gasteiger partial charge in [0.25, 0.3) is 25.8 Å². The predicted molar refractivity (Wildman–Crippen MR) is 315 cm³/mol. The summed E-state index contributed by atoms with van der Waals surface area (Å²) in [7, 11) is -11.0. The van der Waals surface area contributed by atoms with Crippen LogP contribution in [0.5, 0.6) is 0 Å². The van der Waals surface area contributed by atoms with Gasteiger partial charge in [-0.25, -0.2) is 21.6 Å². The smallest absolute Gasteiger partial charge is 0.380 e. The number of sulfone groups is 1. The number of alkyl halides is 3. The number of amides is 3. The second-order valence-electron chi connectivity index (χ2n) is 23.1. The minimum atomic E-state index is -6.12. The number of thioether (sulfide) groups is 1. The summed E-state index contributed by atoms with van der Waals surface area (Å²) in [5.41, 5.74) is 0.860. The minimum absolute atomic E-state index is 0.0135. The first-order valence-electron chi connectivity index (χ1n) is 28.0. The van der Waals surface area contributed by atoms with Gasteiger partial charge < -0.3 is 15.1 Å². The molecule has 4 aliphatic heterocycles. The molecule has 4 heterocycles. The Morgan fingerprint density at radius 3 is 2.15 bits per heavy atom. The maximum atomic E-state index is 14.5. The van der Waals surface area contributed by atoms with E-state index in [0.717, 1.165) is 118 Å². The number of piperidine rings is 1. The number of sulfonamides is 1. The number of allylic oxidation sites excluding steroid dienone is 1. The fourth-order valence-electron chi connectivity index (χ4n) is 12.3. The summed E-state index contributed by atoms with van der Waals surface area (Å²) in [6, 6.07) is 34.3. The normalized spacial score (nSPS) is 21.5. The van der Waals surface area contributed by atoms with Gasteiger partial charge in [0.1, 0.15) is 4.90 Å². The molecule has 3 unspecified atom stereocenters. The van der Waals surface area contributed by atoms with E-state index in [-0.39, 0.29) is 40.8 Å². The largest absolute Gasteiger partial charge is 0.501 e. The first-order valence-corrected chi connectivity index (χ1v) is 32.3. The van der Waals surface area contributed by atoms with Crippen LogP contribution in [0.2, 0.25) is 5.02 Å². The molecule has 0 saturated carbocycles. The van der Waals surface area contributed by atoms with Gasteiger partial charge in [0.05, 0.1) is 16.5 Å². The van der Waals surface area contributed by atoms with Crippen molar-refractivity contribution in [3.8, 4) is 0 Å². The van der Waals surface area contributed by atoms with Crippen LogP contribution >= 0.6 is 23.4 Å². The molecule has 0 aromatic heterocycles. The monoisotopic (exact) mass is 1200 g/mol. The number of halogens is 4. The zero-order valence-electron chi connectivity index (χ0n) is 46.0. The number of likely N-dealkylation sites (tertiary alicyclic amines) is 1. The Morgan fingerprint density at radius 2 is 1.49 bits per heavy atom. The Bertz CT molecular complexity index is 3390. The van der Waals surface area contributed by atoms with E-state index < -0.39 is 52.8 Å². The molecule has 0 radical (unpaired) electrons. The first kappa shape index (κ1) is 59.4. The molecule has 3 N–H and O–H groups in total. The van der Waals surface area contributed by atoms with Crippen LogP contribution in [-0.2, 0) is 36.0 Å². The predicted octanol–water partition coefficient (Wildman–Crippen LogP) is 10.4. The van der Waals surface area contributed by atoms with E-state index in [9.17, 15) is 44.4 Å². The quantitative estimate of drug-likeness (QED) is 0.0528. The molecule has 3 amide bonds. The van der Waals surface area contributed by atoms with E-state index >= 15 is 0 Å². The summed E-state index contributed by atoms with van der Waals surface area (Å²) in [6.07, 6.45) is 6.31. The topological polar surface area (TPSA) is 169 Å². The zero-order chi connectivity index (χ0) is 58.0. The van der Waals surface area contributed by atoms with Crippen LogP contribution in [-0.4, -0.2) is 131 Å². The SMILES string of the molecule is CC1(C)CCC(c2ccc(Cl)cc2)=C(CN2CCN(c3ccc(C(=O)NS(=O)(=O)c4ccc(N[C@H](CCN5CC6CCC(C5)N6Cc5ccc(C6CCC(=O)NC6=O)cc5)CSc5ccccc5)c(S(=O)(=O)C(F)(F)F)c4)cc3)CC2)C1. The fraction of sp³-hybridized carbons (Fsp3) is 0.426. The molecule has 21 heteroatoms. The van der Waals surface area contributed by atoms with Crippen molar-refractivity contribution in [2.45, 2.75) is 116 Å². The van der Waals surface area contributed by atoms with Crippen LogP contribution in [0.4, 0.5) is 24.5 Å². The lowest BCUT2D eigenvalue weighted by molar-refractivity contribution is -0.134. The molecule has 4 saturated heterocycles. The van der Waals surface area contributed by atoms with Crippen molar-refractivity contribution in [2.75, 3.05) is 68.3 Å². The Kier molecular flexibility index (Phi) is 18.0. The molecular formula is C61H69ClF3N7O7S3. The van der Waals surface area contributed by atoms with E-state index in [4.69, 9.17) is 11.6 Å². The third-order valence-electron chi connectivity index (χ3n) is 16.8. The van der Waals surface area contributed by atoms with Crippen molar-refractivity contribution in [2.24, 2.45) is 5.41 Å². The fourth-order valence-corrected chi connectivity index (χ4v) is 15.4. The minimum Gasteiger partial charge on any atom is -0.380 e. The van der Waals surface area contributed by atoms with Crippen molar-refractivity contribution in [3.63, 3.8) is 0 Å².